The molecule has 0 unspecified atom stereocenters. The minimum absolute atomic E-state index is 0.00187. The Bertz CT molecular complexity index is 2080. The molecule has 0 saturated carbocycles. The van der Waals surface area contributed by atoms with E-state index in [4.69, 9.17) is 37.4 Å². The summed E-state index contributed by atoms with van der Waals surface area (Å²) in [4.78, 5) is 29.3. The number of hydrogen-bond acceptors (Lipinski definition) is 11. The highest BCUT2D eigenvalue weighted by Gasteiger charge is 2.39. The average molecular weight is 808 g/mol. The van der Waals surface area contributed by atoms with Crippen LogP contribution < -0.4 is 19.5 Å². The molecule has 0 spiro atoms. The highest BCUT2D eigenvalue weighted by atomic mass is 35.5. The maximum atomic E-state index is 11.8. The number of aliphatic hydroxyl groups is 2. The fraction of sp³-hybridized carbons (Fsp3) is 0.366. The lowest BCUT2D eigenvalue weighted by atomic mass is 9.91. The number of piperidine rings is 1. The van der Waals surface area contributed by atoms with E-state index in [0.717, 1.165) is 22.3 Å². The van der Waals surface area contributed by atoms with Crippen LogP contribution in [0.4, 0.5) is 0 Å². The third kappa shape index (κ3) is 10.3. The maximum absolute atomic E-state index is 11.8. The van der Waals surface area contributed by atoms with Crippen molar-refractivity contribution in [3.05, 3.63) is 105 Å². The number of likely N-dealkylation sites (tertiary alicyclic amines) is 1. The molecule has 4 aromatic rings. The summed E-state index contributed by atoms with van der Waals surface area (Å²) in [5.74, 6) is -1.20. The monoisotopic (exact) mass is 806 g/mol. The van der Waals surface area contributed by atoms with Gasteiger partial charge < -0.3 is 39.5 Å². The maximum Gasteiger partial charge on any atom is 0.335 e. The van der Waals surface area contributed by atoms with Crippen molar-refractivity contribution >= 4 is 35.1 Å². The molecule has 2 heterocycles. The van der Waals surface area contributed by atoms with Crippen LogP contribution >= 0.6 is 23.2 Å². The van der Waals surface area contributed by atoms with Gasteiger partial charge in [0, 0.05) is 61.3 Å². The number of rotatable bonds is 18. The molecule has 13 nitrogen and oxygen atoms in total. The molecule has 5 N–H and O–H groups in total. The Balaban J connectivity index is 1.28. The van der Waals surface area contributed by atoms with E-state index < -0.39 is 29.7 Å². The molecule has 1 saturated heterocycles. The molecule has 1 aromatic heterocycles. The molecule has 5 rings (SSSR count). The van der Waals surface area contributed by atoms with Crippen molar-refractivity contribution in [3.8, 4) is 34.4 Å². The van der Waals surface area contributed by atoms with Crippen molar-refractivity contribution in [1.29, 1.82) is 5.26 Å². The van der Waals surface area contributed by atoms with Gasteiger partial charge >= 0.3 is 11.9 Å². The lowest BCUT2D eigenvalue weighted by Crippen LogP contribution is -2.52. The summed E-state index contributed by atoms with van der Waals surface area (Å²) >= 11 is 13.6. The number of aliphatic hydroxyl groups excluding tert-OH is 1. The van der Waals surface area contributed by atoms with Crippen LogP contribution in [0, 0.1) is 18.3 Å². The first-order valence-corrected chi connectivity index (χ1v) is 18.7. The number of aliphatic carboxylic acids is 2. The van der Waals surface area contributed by atoms with Crippen LogP contribution in [0.2, 0.25) is 10.0 Å². The smallest absolute Gasteiger partial charge is 0.335 e. The Hall–Kier alpha value is -4.94. The summed E-state index contributed by atoms with van der Waals surface area (Å²) in [6, 6.07) is 18.3. The molecule has 0 bridgehead atoms. The number of carboxylic acid groups (broad SMARTS) is 2. The third-order valence-corrected chi connectivity index (χ3v) is 10.6. The van der Waals surface area contributed by atoms with Crippen LogP contribution in [0.1, 0.15) is 54.0 Å². The second-order valence-electron chi connectivity index (χ2n) is 13.9. The number of aromatic nitrogens is 1. The van der Waals surface area contributed by atoms with Crippen LogP contribution in [0.25, 0.3) is 11.1 Å². The van der Waals surface area contributed by atoms with Crippen molar-refractivity contribution in [2.24, 2.45) is 0 Å². The number of nitrogens with zero attached hydrogens (tertiary/aromatic N) is 3. The van der Waals surface area contributed by atoms with E-state index in [0.29, 0.717) is 71.6 Å². The van der Waals surface area contributed by atoms with Crippen molar-refractivity contribution < 1.29 is 44.2 Å². The van der Waals surface area contributed by atoms with E-state index >= 15 is 0 Å². The Morgan fingerprint density at radius 1 is 0.964 bits per heavy atom. The number of hydrogen-bond donors (Lipinski definition) is 5. The summed E-state index contributed by atoms with van der Waals surface area (Å²) in [6.45, 7) is 4.98. The van der Waals surface area contributed by atoms with E-state index in [2.05, 4.69) is 21.3 Å². The zero-order chi connectivity index (χ0) is 40.5. The molecular formula is C41H44Cl2N4O9. The number of carboxylic acids is 2. The van der Waals surface area contributed by atoms with E-state index in [1.807, 2.05) is 43.3 Å². The second-order valence-corrected chi connectivity index (χ2v) is 14.7. The summed E-state index contributed by atoms with van der Waals surface area (Å²) in [5.41, 5.74) is 1.72. The lowest BCUT2D eigenvalue weighted by molar-refractivity contribution is -0.163. The van der Waals surface area contributed by atoms with E-state index in [1.165, 1.54) is 13.1 Å². The third-order valence-electron chi connectivity index (χ3n) is 9.93. The molecule has 15 heteroatoms. The normalized spacial score (nSPS) is 15.0. The predicted octanol–water partition coefficient (Wildman–Crippen LogP) is 6.00. The topological polar surface area (TPSA) is 195 Å². The molecule has 0 amide bonds. The number of nitrogens with one attached hydrogen (secondary N) is 1. The van der Waals surface area contributed by atoms with Crippen molar-refractivity contribution in [2.45, 2.75) is 64.0 Å². The summed E-state index contributed by atoms with van der Waals surface area (Å²) in [6.07, 6.45) is 4.09. The highest BCUT2D eigenvalue weighted by molar-refractivity contribution is 6.35. The minimum Gasteiger partial charge on any atom is -0.492 e. The number of nitriles is 1. The van der Waals surface area contributed by atoms with Gasteiger partial charge in [-0.2, -0.15) is 5.26 Å². The first kappa shape index (κ1) is 42.2. The number of pyridine rings is 1. The molecule has 0 radical (unpaired) electrons. The van der Waals surface area contributed by atoms with Gasteiger partial charge in [0.05, 0.1) is 28.8 Å². The largest absolute Gasteiger partial charge is 0.492 e. The van der Waals surface area contributed by atoms with Crippen molar-refractivity contribution in [3.63, 3.8) is 0 Å². The molecule has 0 aliphatic carbocycles. The molecule has 3 aromatic carbocycles. The standard InChI is InChI=1S/C41H44Cl2N4O9/c1-26-29(6-3-7-31(26)32-8-4-9-34(37(32)43)54-15-5-12-47-13-10-41(53,11-14-47)39(51)52)24-56-36-18-35(55-23-28-16-27(19-44)20-45-21-28)30(17-33(36)42)22-46-40(2,25-48)38(49)50/h3-4,6-9,16-18,20-21,46,48,53H,5,10-15,22-25H2,1-2H3,(H,49,50)(H,51,52)/t40-/m0/s1. The molecule has 56 heavy (non-hydrogen) atoms. The van der Waals surface area contributed by atoms with Crippen LogP contribution in [-0.2, 0) is 29.3 Å². The highest BCUT2D eigenvalue weighted by Crippen LogP contribution is 2.39. The lowest BCUT2D eigenvalue weighted by Gasteiger charge is -2.35. The van der Waals surface area contributed by atoms with Gasteiger partial charge in [-0.1, -0.05) is 53.5 Å². The molecule has 1 aliphatic rings. The first-order valence-electron chi connectivity index (χ1n) is 18.0. The Kier molecular flexibility index (Phi) is 14.2. The number of carbonyl (C=O) groups is 2. The number of halogens is 2. The minimum atomic E-state index is -1.65. The number of benzene rings is 3. The average Bonchev–Trinajstić information content (AvgIpc) is 3.19. The fourth-order valence-electron chi connectivity index (χ4n) is 6.19. The van der Waals surface area contributed by atoms with Gasteiger partial charge in [-0.15, -0.1) is 0 Å². The SMILES string of the molecule is Cc1c(COc2cc(OCc3cncc(C#N)c3)c(CN[C@@](C)(CO)C(=O)O)cc2Cl)cccc1-c1cccc(OCCCN2CCC(O)(C(=O)O)CC2)c1Cl. The quantitative estimate of drug-likeness (QED) is 0.0736. The van der Waals surface area contributed by atoms with E-state index in [9.17, 15) is 35.3 Å². The van der Waals surface area contributed by atoms with Gasteiger partial charge in [-0.3, -0.25) is 15.1 Å². The molecular weight excluding hydrogens is 763 g/mol. The van der Waals surface area contributed by atoms with E-state index in [-0.39, 0.29) is 37.6 Å². The van der Waals surface area contributed by atoms with Crippen LogP contribution in [0.3, 0.4) is 0 Å². The van der Waals surface area contributed by atoms with Gasteiger partial charge in [-0.05, 0) is 68.0 Å². The molecule has 296 valence electrons. The molecule has 1 fully saturated rings. The predicted molar refractivity (Wildman–Crippen MR) is 209 cm³/mol. The fourth-order valence-corrected chi connectivity index (χ4v) is 6.71. The van der Waals surface area contributed by atoms with Gasteiger partial charge in [0.15, 0.2) is 5.60 Å². The zero-order valence-electron chi connectivity index (χ0n) is 31.1. The number of ether oxygens (including phenoxy) is 3. The van der Waals surface area contributed by atoms with Gasteiger partial charge in [-0.25, -0.2) is 4.79 Å². The first-order chi connectivity index (χ1) is 26.8. The van der Waals surface area contributed by atoms with Gasteiger partial charge in [0.2, 0.25) is 0 Å². The molecule has 1 aliphatic heterocycles. The zero-order valence-corrected chi connectivity index (χ0v) is 32.6. The summed E-state index contributed by atoms with van der Waals surface area (Å²) in [5, 5.41) is 51.7. The van der Waals surface area contributed by atoms with Crippen LogP contribution in [0.5, 0.6) is 17.2 Å². The summed E-state index contributed by atoms with van der Waals surface area (Å²) in [7, 11) is 0. The molecule has 1 atom stereocenters. The Morgan fingerprint density at radius 3 is 2.38 bits per heavy atom. The van der Waals surface area contributed by atoms with Crippen molar-refractivity contribution in [1.82, 2.24) is 15.2 Å². The van der Waals surface area contributed by atoms with Crippen LogP contribution in [-0.4, -0.2) is 86.2 Å². The Morgan fingerprint density at radius 2 is 1.68 bits per heavy atom. The van der Waals surface area contributed by atoms with Gasteiger partial charge in [0.1, 0.15) is 42.1 Å². The van der Waals surface area contributed by atoms with E-state index in [1.54, 1.807) is 24.4 Å². The van der Waals surface area contributed by atoms with Gasteiger partial charge in [0.25, 0.3) is 0 Å². The van der Waals surface area contributed by atoms with Crippen molar-refractivity contribution in [2.75, 3.05) is 32.8 Å². The second kappa shape index (κ2) is 18.8. The van der Waals surface area contributed by atoms with Crippen LogP contribution in [0.15, 0.2) is 67.0 Å². The Labute approximate surface area is 335 Å². The summed E-state index contributed by atoms with van der Waals surface area (Å²) < 4.78 is 18.5.